The molecule has 0 spiro atoms. The summed E-state index contributed by atoms with van der Waals surface area (Å²) in [7, 11) is 0. The molecule has 0 unspecified atom stereocenters. The SMILES string of the molecule is CCn1c(CCNC(=O)CCCCCn2c(=S)[nH]c3ccccc3c2=O)n[nH]c1=S. The Bertz CT molecular complexity index is 1190. The molecule has 3 N–H and O–H groups in total. The number of para-hydroxylation sites is 1. The van der Waals surface area contributed by atoms with Gasteiger partial charge in [-0.25, -0.2) is 0 Å². The van der Waals surface area contributed by atoms with Crippen molar-refractivity contribution >= 4 is 41.2 Å². The van der Waals surface area contributed by atoms with Crippen LogP contribution in [0.5, 0.6) is 0 Å². The highest BCUT2D eigenvalue weighted by Gasteiger charge is 2.07. The summed E-state index contributed by atoms with van der Waals surface area (Å²) in [4.78, 5) is 27.7. The van der Waals surface area contributed by atoms with Crippen LogP contribution in [0.25, 0.3) is 10.9 Å². The quantitative estimate of drug-likeness (QED) is 0.328. The Morgan fingerprint density at radius 1 is 1.13 bits per heavy atom. The fourth-order valence-electron chi connectivity index (χ4n) is 3.40. The predicted molar refractivity (Wildman–Crippen MR) is 122 cm³/mol. The molecule has 0 saturated heterocycles. The van der Waals surface area contributed by atoms with Crippen LogP contribution in [-0.4, -0.2) is 36.8 Å². The highest BCUT2D eigenvalue weighted by molar-refractivity contribution is 7.71. The number of carbonyl (C=O) groups is 1. The lowest BCUT2D eigenvalue weighted by atomic mass is 10.2. The van der Waals surface area contributed by atoms with Gasteiger partial charge in [0.15, 0.2) is 9.54 Å². The zero-order chi connectivity index (χ0) is 21.5. The van der Waals surface area contributed by atoms with Crippen LogP contribution in [0.1, 0.15) is 38.4 Å². The third kappa shape index (κ3) is 5.31. The van der Waals surface area contributed by atoms with E-state index in [4.69, 9.17) is 24.4 Å². The monoisotopic (exact) mass is 446 g/mol. The van der Waals surface area contributed by atoms with Gasteiger partial charge in [0, 0.05) is 32.5 Å². The summed E-state index contributed by atoms with van der Waals surface area (Å²) in [6, 6.07) is 7.35. The maximum Gasteiger partial charge on any atom is 0.262 e. The van der Waals surface area contributed by atoms with Crippen LogP contribution in [0.2, 0.25) is 0 Å². The lowest BCUT2D eigenvalue weighted by Gasteiger charge is -2.08. The molecule has 0 aliphatic carbocycles. The van der Waals surface area contributed by atoms with Crippen molar-refractivity contribution in [2.45, 2.75) is 52.1 Å². The van der Waals surface area contributed by atoms with Crippen molar-refractivity contribution in [3.8, 4) is 0 Å². The number of fused-ring (bicyclic) bond motifs is 1. The summed E-state index contributed by atoms with van der Waals surface area (Å²) >= 11 is 10.5. The molecule has 0 radical (unpaired) electrons. The Kier molecular flexibility index (Phi) is 7.69. The Morgan fingerprint density at radius 2 is 1.93 bits per heavy atom. The molecule has 30 heavy (non-hydrogen) atoms. The molecule has 3 rings (SSSR count). The number of nitrogens with zero attached hydrogens (tertiary/aromatic N) is 3. The van der Waals surface area contributed by atoms with E-state index in [-0.39, 0.29) is 11.5 Å². The van der Waals surface area contributed by atoms with Crippen LogP contribution >= 0.6 is 24.4 Å². The molecule has 160 valence electrons. The Morgan fingerprint density at radius 3 is 2.73 bits per heavy atom. The predicted octanol–water partition coefficient (Wildman–Crippen LogP) is 3.25. The van der Waals surface area contributed by atoms with Crippen LogP contribution in [-0.2, 0) is 24.3 Å². The molecular weight excluding hydrogens is 420 g/mol. The molecule has 0 aliphatic rings. The van der Waals surface area contributed by atoms with Gasteiger partial charge in [0.2, 0.25) is 5.91 Å². The first-order chi connectivity index (χ1) is 14.5. The highest BCUT2D eigenvalue weighted by atomic mass is 32.1. The van der Waals surface area contributed by atoms with E-state index in [2.05, 4.69) is 20.5 Å². The standard InChI is InChI=1S/C20H26N6O2S2/c1-2-25-16(23-24-20(25)30)11-12-21-17(27)10-4-3-7-13-26-18(28)14-8-5-6-9-15(14)22-19(26)29/h5-6,8-9H,2-4,7,10-13H2,1H3,(H,21,27)(H,22,29)(H,24,30). The van der Waals surface area contributed by atoms with Gasteiger partial charge in [-0.15, -0.1) is 0 Å². The van der Waals surface area contributed by atoms with Gasteiger partial charge >= 0.3 is 0 Å². The van der Waals surface area contributed by atoms with Gasteiger partial charge in [0.05, 0.1) is 10.9 Å². The third-order valence-corrected chi connectivity index (χ3v) is 5.63. The molecule has 0 aliphatic heterocycles. The summed E-state index contributed by atoms with van der Waals surface area (Å²) in [5, 5.41) is 10.5. The van der Waals surface area contributed by atoms with E-state index in [0.29, 0.717) is 40.9 Å². The third-order valence-electron chi connectivity index (χ3n) is 5.00. The number of aromatic amines is 2. The minimum absolute atomic E-state index is 0.0207. The summed E-state index contributed by atoms with van der Waals surface area (Å²) in [5.74, 6) is 0.868. The minimum atomic E-state index is -0.0722. The first-order valence-electron chi connectivity index (χ1n) is 10.1. The molecule has 3 aromatic rings. The van der Waals surface area contributed by atoms with E-state index in [1.54, 1.807) is 10.6 Å². The number of amides is 1. The van der Waals surface area contributed by atoms with Gasteiger partial charge < -0.3 is 14.9 Å². The van der Waals surface area contributed by atoms with E-state index in [0.717, 1.165) is 37.1 Å². The molecule has 10 heteroatoms. The summed E-state index contributed by atoms with van der Waals surface area (Å²) in [6.45, 7) is 3.83. The zero-order valence-electron chi connectivity index (χ0n) is 16.9. The van der Waals surface area contributed by atoms with Crippen LogP contribution < -0.4 is 10.9 Å². The maximum absolute atomic E-state index is 12.6. The average molecular weight is 447 g/mol. The fourth-order valence-corrected chi connectivity index (χ4v) is 3.97. The van der Waals surface area contributed by atoms with Crippen LogP contribution in [0, 0.1) is 9.54 Å². The van der Waals surface area contributed by atoms with Gasteiger partial charge in [-0.3, -0.25) is 19.3 Å². The molecule has 2 heterocycles. The van der Waals surface area contributed by atoms with Crippen molar-refractivity contribution in [1.82, 2.24) is 29.6 Å². The molecule has 0 saturated carbocycles. The Balaban J connectivity index is 1.40. The first-order valence-corrected chi connectivity index (χ1v) is 11.0. The lowest BCUT2D eigenvalue weighted by molar-refractivity contribution is -0.121. The number of rotatable bonds is 10. The van der Waals surface area contributed by atoms with E-state index < -0.39 is 0 Å². The van der Waals surface area contributed by atoms with Gasteiger partial charge in [-0.05, 0) is 56.3 Å². The van der Waals surface area contributed by atoms with Crippen LogP contribution in [0.15, 0.2) is 29.1 Å². The van der Waals surface area contributed by atoms with Crippen molar-refractivity contribution < 1.29 is 4.79 Å². The van der Waals surface area contributed by atoms with Crippen molar-refractivity contribution in [2.75, 3.05) is 6.54 Å². The lowest BCUT2D eigenvalue weighted by Crippen LogP contribution is -2.26. The number of unbranched alkanes of at least 4 members (excludes halogenated alkanes) is 2. The number of benzene rings is 1. The number of hydrogen-bond acceptors (Lipinski definition) is 5. The smallest absolute Gasteiger partial charge is 0.262 e. The number of aromatic nitrogens is 5. The van der Waals surface area contributed by atoms with Crippen molar-refractivity contribution in [2.24, 2.45) is 0 Å². The van der Waals surface area contributed by atoms with E-state index in [1.165, 1.54) is 0 Å². The summed E-state index contributed by atoms with van der Waals surface area (Å²) in [5.41, 5.74) is 0.681. The van der Waals surface area contributed by atoms with Crippen molar-refractivity contribution in [3.63, 3.8) is 0 Å². The normalized spacial score (nSPS) is 11.1. The van der Waals surface area contributed by atoms with Crippen molar-refractivity contribution in [3.05, 3.63) is 50.0 Å². The van der Waals surface area contributed by atoms with Gasteiger partial charge in [-0.2, -0.15) is 5.10 Å². The Labute approximate surface area is 184 Å². The van der Waals surface area contributed by atoms with E-state index in [1.807, 2.05) is 29.7 Å². The van der Waals surface area contributed by atoms with E-state index in [9.17, 15) is 9.59 Å². The summed E-state index contributed by atoms with van der Waals surface area (Å²) < 4.78 is 4.55. The molecule has 0 atom stereocenters. The largest absolute Gasteiger partial charge is 0.356 e. The number of H-pyrrole nitrogens is 2. The zero-order valence-corrected chi connectivity index (χ0v) is 18.6. The number of carbonyl (C=O) groups excluding carboxylic acids is 1. The topological polar surface area (TPSA) is 100 Å². The second-order valence-corrected chi connectivity index (χ2v) is 7.81. The molecule has 1 amide bonds. The maximum atomic E-state index is 12.6. The average Bonchev–Trinajstić information content (AvgIpc) is 3.09. The van der Waals surface area contributed by atoms with Gasteiger partial charge in [0.1, 0.15) is 5.82 Å². The summed E-state index contributed by atoms with van der Waals surface area (Å²) in [6.07, 6.45) is 3.48. The fraction of sp³-hybridized carbons (Fsp3) is 0.450. The molecule has 1 aromatic carbocycles. The Hall–Kier alpha value is -2.59. The van der Waals surface area contributed by atoms with Gasteiger partial charge in [0.25, 0.3) is 5.56 Å². The highest BCUT2D eigenvalue weighted by Crippen LogP contribution is 2.08. The molecule has 0 bridgehead atoms. The van der Waals surface area contributed by atoms with Crippen LogP contribution in [0.4, 0.5) is 0 Å². The number of nitrogens with one attached hydrogen (secondary N) is 3. The second kappa shape index (κ2) is 10.4. The molecule has 0 fully saturated rings. The molecular formula is C20H26N6O2S2. The van der Waals surface area contributed by atoms with E-state index >= 15 is 0 Å². The van der Waals surface area contributed by atoms with Crippen LogP contribution in [0.3, 0.4) is 0 Å². The second-order valence-electron chi connectivity index (χ2n) is 7.03. The minimum Gasteiger partial charge on any atom is -0.356 e. The van der Waals surface area contributed by atoms with Crippen molar-refractivity contribution in [1.29, 1.82) is 0 Å². The molecule has 8 nitrogen and oxygen atoms in total. The first kappa shape index (κ1) is 22.1. The van der Waals surface area contributed by atoms with Gasteiger partial charge in [-0.1, -0.05) is 18.6 Å². The number of hydrogen-bond donors (Lipinski definition) is 3. The molecule has 2 aromatic heterocycles.